The summed E-state index contributed by atoms with van der Waals surface area (Å²) < 4.78 is 0. The van der Waals surface area contributed by atoms with Gasteiger partial charge in [-0.3, -0.25) is 14.7 Å². The average Bonchev–Trinajstić information content (AvgIpc) is 2.68. The molecule has 5 heteroatoms. The van der Waals surface area contributed by atoms with Crippen molar-refractivity contribution in [3.05, 3.63) is 82.6 Å². The molecule has 0 amide bonds. The Morgan fingerprint density at radius 2 is 1.93 bits per heavy atom. The molecule has 146 valence electrons. The molecule has 4 rings (SSSR count). The van der Waals surface area contributed by atoms with E-state index in [9.17, 15) is 10.1 Å². The Hall–Kier alpha value is -3.39. The van der Waals surface area contributed by atoms with Gasteiger partial charge in [-0.25, -0.2) is 0 Å². The van der Waals surface area contributed by atoms with Crippen molar-refractivity contribution in [1.29, 1.82) is 5.26 Å². The maximum absolute atomic E-state index is 13.3. The maximum atomic E-state index is 13.3. The maximum Gasteiger partial charge on any atom is 0.162 e. The van der Waals surface area contributed by atoms with Crippen LogP contribution in [0.2, 0.25) is 0 Å². The lowest BCUT2D eigenvalue weighted by Gasteiger charge is -2.43. The van der Waals surface area contributed by atoms with E-state index in [4.69, 9.17) is 5.73 Å². The van der Waals surface area contributed by atoms with Gasteiger partial charge in [0, 0.05) is 35.8 Å². The van der Waals surface area contributed by atoms with Gasteiger partial charge in [0.25, 0.3) is 0 Å². The molecule has 0 unspecified atom stereocenters. The highest BCUT2D eigenvalue weighted by atomic mass is 16.1. The molecule has 1 atom stereocenters. The first-order chi connectivity index (χ1) is 13.8. The average molecular weight is 384 g/mol. The minimum Gasteiger partial charge on any atom is -0.384 e. The lowest BCUT2D eigenvalue weighted by molar-refractivity contribution is -0.118. The van der Waals surface area contributed by atoms with Gasteiger partial charge in [-0.2, -0.15) is 5.26 Å². The number of carbonyl (C=O) groups excluding carboxylic acids is 1. The van der Waals surface area contributed by atoms with E-state index in [0.29, 0.717) is 29.8 Å². The van der Waals surface area contributed by atoms with E-state index in [1.54, 1.807) is 12.4 Å². The number of benzene rings is 1. The summed E-state index contributed by atoms with van der Waals surface area (Å²) in [5.74, 6) is -0.0223. The van der Waals surface area contributed by atoms with Gasteiger partial charge in [0.1, 0.15) is 5.82 Å². The summed E-state index contributed by atoms with van der Waals surface area (Å²) in [6.07, 6.45) is 4.56. The molecule has 29 heavy (non-hydrogen) atoms. The number of hydrogen-bond donors (Lipinski definition) is 1. The second kappa shape index (κ2) is 6.89. The summed E-state index contributed by atoms with van der Waals surface area (Å²) in [5, 5.41) is 10.0. The first-order valence-electron chi connectivity index (χ1n) is 9.75. The molecule has 0 spiro atoms. The van der Waals surface area contributed by atoms with Gasteiger partial charge >= 0.3 is 0 Å². The fraction of sp³-hybridized carbons (Fsp3) is 0.292. The third kappa shape index (κ3) is 3.21. The standard InChI is InChI=1S/C24H24N4O/c1-15-6-8-17(9-7-15)28-19-11-24(2,3)12-20(29)22(19)21(18(13-25)23(28)26)16-5-4-10-27-14-16/h4-10,14,21H,11-12,26H2,1-3H3/t21-/m0/s1. The second-order valence-corrected chi connectivity index (χ2v) is 8.60. The van der Waals surface area contributed by atoms with Crippen LogP contribution in [0.1, 0.15) is 43.7 Å². The Kier molecular flexibility index (Phi) is 4.50. The Balaban J connectivity index is 1.99. The van der Waals surface area contributed by atoms with Gasteiger partial charge in [0.05, 0.1) is 17.6 Å². The van der Waals surface area contributed by atoms with E-state index >= 15 is 0 Å². The van der Waals surface area contributed by atoms with Gasteiger partial charge in [-0.05, 0) is 42.5 Å². The molecule has 2 heterocycles. The van der Waals surface area contributed by atoms with Crippen molar-refractivity contribution < 1.29 is 4.79 Å². The third-order valence-electron chi connectivity index (χ3n) is 5.69. The summed E-state index contributed by atoms with van der Waals surface area (Å²) in [6.45, 7) is 6.22. The molecule has 0 radical (unpaired) electrons. The highest BCUT2D eigenvalue weighted by molar-refractivity contribution is 6.01. The highest BCUT2D eigenvalue weighted by Gasteiger charge is 2.44. The SMILES string of the molecule is Cc1ccc(N2C(N)=C(C#N)[C@H](c3cccnc3)C3=C2CC(C)(C)CC3=O)cc1. The number of aromatic nitrogens is 1. The molecule has 1 aromatic carbocycles. The van der Waals surface area contributed by atoms with E-state index in [1.807, 2.05) is 48.2 Å². The van der Waals surface area contributed by atoms with E-state index in [2.05, 4.69) is 24.9 Å². The Bertz CT molecular complexity index is 1070. The number of nitrogens with zero attached hydrogens (tertiary/aromatic N) is 3. The molecule has 2 N–H and O–H groups in total. The van der Waals surface area contributed by atoms with Crippen molar-refractivity contribution >= 4 is 11.5 Å². The van der Waals surface area contributed by atoms with Crippen LogP contribution in [0.5, 0.6) is 0 Å². The van der Waals surface area contributed by atoms with Gasteiger partial charge in [-0.15, -0.1) is 0 Å². The number of anilines is 1. The predicted molar refractivity (Wildman–Crippen MR) is 113 cm³/mol. The zero-order chi connectivity index (χ0) is 20.8. The van der Waals surface area contributed by atoms with Crippen molar-refractivity contribution in [2.24, 2.45) is 11.1 Å². The van der Waals surface area contributed by atoms with Crippen molar-refractivity contribution in [2.75, 3.05) is 4.90 Å². The Morgan fingerprint density at radius 3 is 2.55 bits per heavy atom. The molecule has 0 bridgehead atoms. The number of nitriles is 1. The van der Waals surface area contributed by atoms with Crippen molar-refractivity contribution in [2.45, 2.75) is 39.5 Å². The number of nitrogens with two attached hydrogens (primary N) is 1. The van der Waals surface area contributed by atoms with Gasteiger partial charge in [0.2, 0.25) is 0 Å². The summed E-state index contributed by atoms with van der Waals surface area (Å²) in [5.41, 5.74) is 11.2. The number of carbonyl (C=O) groups is 1. The van der Waals surface area contributed by atoms with Crippen molar-refractivity contribution in [1.82, 2.24) is 4.98 Å². The van der Waals surface area contributed by atoms with Crippen LogP contribution in [0.4, 0.5) is 5.69 Å². The number of ketones is 1. The van der Waals surface area contributed by atoms with Crippen LogP contribution < -0.4 is 10.6 Å². The number of rotatable bonds is 2. The first kappa shape index (κ1) is 18.9. The summed E-state index contributed by atoms with van der Waals surface area (Å²) in [6, 6.07) is 14.0. The molecule has 1 aliphatic carbocycles. The summed E-state index contributed by atoms with van der Waals surface area (Å²) in [4.78, 5) is 19.5. The molecule has 2 aliphatic rings. The minimum absolute atomic E-state index is 0.0717. The number of hydrogen-bond acceptors (Lipinski definition) is 5. The molecule has 5 nitrogen and oxygen atoms in total. The zero-order valence-corrected chi connectivity index (χ0v) is 16.9. The lowest BCUT2D eigenvalue weighted by Crippen LogP contribution is -2.42. The van der Waals surface area contributed by atoms with E-state index in [0.717, 1.165) is 22.5 Å². The zero-order valence-electron chi connectivity index (χ0n) is 16.9. The number of pyridine rings is 1. The van der Waals surface area contributed by atoms with Crippen LogP contribution >= 0.6 is 0 Å². The quantitative estimate of drug-likeness (QED) is 0.833. The number of allylic oxidation sites excluding steroid dienone is 3. The van der Waals surface area contributed by atoms with Crippen LogP contribution in [0.3, 0.4) is 0 Å². The smallest absolute Gasteiger partial charge is 0.162 e. The molecule has 0 fully saturated rings. The molecular formula is C24H24N4O. The monoisotopic (exact) mass is 384 g/mol. The second-order valence-electron chi connectivity index (χ2n) is 8.60. The molecule has 1 aromatic heterocycles. The summed E-state index contributed by atoms with van der Waals surface area (Å²) in [7, 11) is 0. The van der Waals surface area contributed by atoms with E-state index < -0.39 is 5.92 Å². The normalized spacial score (nSPS) is 21.1. The summed E-state index contributed by atoms with van der Waals surface area (Å²) >= 11 is 0. The first-order valence-corrected chi connectivity index (χ1v) is 9.75. The fourth-order valence-corrected chi connectivity index (χ4v) is 4.38. The molecule has 1 aliphatic heterocycles. The molecule has 2 aromatic rings. The number of aryl methyl sites for hydroxylation is 1. The van der Waals surface area contributed by atoms with Gasteiger partial charge in [-0.1, -0.05) is 37.6 Å². The third-order valence-corrected chi connectivity index (χ3v) is 5.69. The topological polar surface area (TPSA) is 83.0 Å². The Labute approximate surface area is 171 Å². The number of Topliss-reactive ketones (excluding diaryl/α,β-unsaturated/α-hetero) is 1. The molecule has 0 saturated heterocycles. The van der Waals surface area contributed by atoms with Crippen molar-refractivity contribution in [3.8, 4) is 6.07 Å². The van der Waals surface area contributed by atoms with E-state index in [-0.39, 0.29) is 11.2 Å². The van der Waals surface area contributed by atoms with Crippen LogP contribution in [0.25, 0.3) is 0 Å². The van der Waals surface area contributed by atoms with Crippen molar-refractivity contribution in [3.63, 3.8) is 0 Å². The van der Waals surface area contributed by atoms with Gasteiger partial charge in [0.15, 0.2) is 5.78 Å². The van der Waals surface area contributed by atoms with Crippen LogP contribution in [0, 0.1) is 23.7 Å². The highest BCUT2D eigenvalue weighted by Crippen LogP contribution is 2.49. The van der Waals surface area contributed by atoms with Crippen LogP contribution in [-0.2, 0) is 4.79 Å². The van der Waals surface area contributed by atoms with E-state index in [1.165, 1.54) is 0 Å². The lowest BCUT2D eigenvalue weighted by atomic mass is 9.68. The predicted octanol–water partition coefficient (Wildman–Crippen LogP) is 4.33. The molecule has 0 saturated carbocycles. The van der Waals surface area contributed by atoms with Crippen LogP contribution in [-0.4, -0.2) is 10.8 Å². The minimum atomic E-state index is -0.478. The molecular weight excluding hydrogens is 360 g/mol. The fourth-order valence-electron chi connectivity index (χ4n) is 4.38. The Morgan fingerprint density at radius 1 is 1.21 bits per heavy atom. The largest absolute Gasteiger partial charge is 0.384 e. The van der Waals surface area contributed by atoms with Crippen LogP contribution in [0.15, 0.2) is 71.5 Å². The van der Waals surface area contributed by atoms with Gasteiger partial charge < -0.3 is 5.73 Å².